The molecule has 4 fully saturated rings. The smallest absolute Gasteiger partial charge is 0.244 e. The molecule has 0 saturated heterocycles. The van der Waals surface area contributed by atoms with Gasteiger partial charge >= 0.3 is 0 Å². The molecule has 1 N–H and O–H groups in total. The van der Waals surface area contributed by atoms with Gasteiger partial charge in [-0.1, -0.05) is 48.9 Å². The molecular weight excluding hydrogens is 546 g/mol. The molecule has 0 radical (unpaired) electrons. The molecular formula is C34H47N3O4S. The second kappa shape index (κ2) is 12.0. The summed E-state index contributed by atoms with van der Waals surface area (Å²) in [5.74, 6) is 1.82. The summed E-state index contributed by atoms with van der Waals surface area (Å²) in [7, 11) is -3.77. The SMILES string of the molecule is CCC(C(=O)NC(C)C)N(Cc1cccc(C)c1)C(=O)CN(c1ccc(C23CC4CC(CC(C4)C2)C3)cc1)S(C)(=O)=O. The molecule has 4 bridgehead atoms. The van der Waals surface area contributed by atoms with Crippen molar-refractivity contribution in [2.75, 3.05) is 17.1 Å². The number of hydrogen-bond acceptors (Lipinski definition) is 4. The largest absolute Gasteiger partial charge is 0.352 e. The molecule has 0 spiro atoms. The van der Waals surface area contributed by atoms with E-state index in [2.05, 4.69) is 17.4 Å². The van der Waals surface area contributed by atoms with Gasteiger partial charge in [-0.25, -0.2) is 8.42 Å². The minimum Gasteiger partial charge on any atom is -0.352 e. The molecule has 6 rings (SSSR count). The molecule has 42 heavy (non-hydrogen) atoms. The Morgan fingerprint density at radius 2 is 1.57 bits per heavy atom. The minimum atomic E-state index is -3.77. The Balaban J connectivity index is 1.41. The fourth-order valence-electron chi connectivity index (χ4n) is 8.37. The van der Waals surface area contributed by atoms with Gasteiger partial charge in [-0.15, -0.1) is 0 Å². The van der Waals surface area contributed by atoms with Crippen LogP contribution < -0.4 is 9.62 Å². The number of amides is 2. The molecule has 0 heterocycles. The van der Waals surface area contributed by atoms with Gasteiger partial charge in [0.15, 0.2) is 0 Å². The highest BCUT2D eigenvalue weighted by atomic mass is 32.2. The van der Waals surface area contributed by atoms with E-state index >= 15 is 0 Å². The van der Waals surface area contributed by atoms with Crippen LogP contribution >= 0.6 is 0 Å². The van der Waals surface area contributed by atoms with Crippen LogP contribution in [-0.4, -0.2) is 50.0 Å². The lowest BCUT2D eigenvalue weighted by Crippen LogP contribution is -2.53. The Morgan fingerprint density at radius 3 is 2.07 bits per heavy atom. The van der Waals surface area contributed by atoms with Crippen molar-refractivity contribution in [2.24, 2.45) is 17.8 Å². The zero-order chi connectivity index (χ0) is 30.2. The number of sulfonamides is 1. The molecule has 4 aliphatic carbocycles. The van der Waals surface area contributed by atoms with Crippen molar-refractivity contribution in [2.45, 2.75) is 96.7 Å². The highest BCUT2D eigenvalue weighted by Crippen LogP contribution is 2.60. The summed E-state index contributed by atoms with van der Waals surface area (Å²) < 4.78 is 27.4. The molecule has 7 nitrogen and oxygen atoms in total. The van der Waals surface area contributed by atoms with Crippen LogP contribution in [0.4, 0.5) is 5.69 Å². The van der Waals surface area contributed by atoms with Gasteiger partial charge in [-0.05, 0) is 112 Å². The summed E-state index contributed by atoms with van der Waals surface area (Å²) in [6.07, 6.45) is 9.36. The number of benzene rings is 2. The Labute approximate surface area is 252 Å². The maximum absolute atomic E-state index is 14.0. The van der Waals surface area contributed by atoms with E-state index in [-0.39, 0.29) is 30.5 Å². The maximum atomic E-state index is 14.0. The monoisotopic (exact) mass is 593 g/mol. The van der Waals surface area contributed by atoms with Crippen molar-refractivity contribution < 1.29 is 18.0 Å². The predicted molar refractivity (Wildman–Crippen MR) is 168 cm³/mol. The first-order valence-corrected chi connectivity index (χ1v) is 17.5. The third-order valence-electron chi connectivity index (χ3n) is 9.74. The normalized spacial score (nSPS) is 25.3. The van der Waals surface area contributed by atoms with Crippen molar-refractivity contribution in [1.29, 1.82) is 0 Å². The number of carbonyl (C=O) groups excluding carboxylic acids is 2. The third kappa shape index (κ3) is 6.53. The molecule has 1 atom stereocenters. The molecule has 2 amide bonds. The second-order valence-electron chi connectivity index (χ2n) is 13.6. The summed E-state index contributed by atoms with van der Waals surface area (Å²) in [4.78, 5) is 28.7. The van der Waals surface area contributed by atoms with Crippen LogP contribution in [0.15, 0.2) is 48.5 Å². The minimum absolute atomic E-state index is 0.0810. The van der Waals surface area contributed by atoms with Crippen molar-refractivity contribution in [1.82, 2.24) is 10.2 Å². The number of rotatable bonds is 11. The van der Waals surface area contributed by atoms with E-state index in [0.717, 1.165) is 35.1 Å². The summed E-state index contributed by atoms with van der Waals surface area (Å²) in [5, 5.41) is 2.94. The molecule has 2 aromatic carbocycles. The van der Waals surface area contributed by atoms with Crippen molar-refractivity contribution in [3.63, 3.8) is 0 Å². The summed E-state index contributed by atoms with van der Waals surface area (Å²) in [5.41, 5.74) is 3.94. The summed E-state index contributed by atoms with van der Waals surface area (Å²) >= 11 is 0. The predicted octanol–water partition coefficient (Wildman–Crippen LogP) is 5.56. The lowest BCUT2D eigenvalue weighted by atomic mass is 9.48. The van der Waals surface area contributed by atoms with Crippen molar-refractivity contribution in [3.05, 3.63) is 65.2 Å². The van der Waals surface area contributed by atoms with E-state index in [1.165, 1.54) is 53.3 Å². The molecule has 4 aliphatic rings. The Kier molecular flexibility index (Phi) is 8.75. The standard InChI is InChI=1S/C34H47N3O4S/c1-6-31(33(39)35-23(2)3)36(21-25-9-7-8-24(4)14-25)32(38)22-37(42(5,40)41)30-12-10-29(11-13-30)34-18-26-15-27(19-34)17-28(16-26)20-34/h7-14,23,26-28,31H,6,15-22H2,1-5H3,(H,35,39). The van der Waals surface area contributed by atoms with Crippen LogP contribution in [0.2, 0.25) is 0 Å². The highest BCUT2D eigenvalue weighted by molar-refractivity contribution is 7.92. The van der Waals surface area contributed by atoms with Crippen molar-refractivity contribution in [3.8, 4) is 0 Å². The van der Waals surface area contributed by atoms with Gasteiger partial charge in [0.25, 0.3) is 0 Å². The first kappa shape index (κ1) is 30.6. The van der Waals surface area contributed by atoms with Crippen LogP contribution in [0, 0.1) is 24.7 Å². The van der Waals surface area contributed by atoms with Crippen LogP contribution in [0.5, 0.6) is 0 Å². The lowest BCUT2D eigenvalue weighted by Gasteiger charge is -2.57. The zero-order valence-corrected chi connectivity index (χ0v) is 26.6. The van der Waals surface area contributed by atoms with Gasteiger partial charge in [0, 0.05) is 12.6 Å². The fourth-order valence-corrected chi connectivity index (χ4v) is 9.22. The molecule has 2 aromatic rings. The molecule has 228 valence electrons. The van der Waals surface area contributed by atoms with Crippen LogP contribution in [-0.2, 0) is 31.6 Å². The van der Waals surface area contributed by atoms with E-state index in [4.69, 9.17) is 0 Å². The van der Waals surface area contributed by atoms with Crippen LogP contribution in [0.1, 0.15) is 82.4 Å². The number of aryl methyl sites for hydroxylation is 1. The average molecular weight is 594 g/mol. The van der Waals surface area contributed by atoms with E-state index in [1.807, 2.05) is 64.1 Å². The quantitative estimate of drug-likeness (QED) is 0.370. The molecule has 0 aromatic heterocycles. The van der Waals surface area contributed by atoms with Gasteiger partial charge in [0.2, 0.25) is 21.8 Å². The second-order valence-corrected chi connectivity index (χ2v) is 15.5. The lowest BCUT2D eigenvalue weighted by molar-refractivity contribution is -0.140. The number of nitrogens with zero attached hydrogens (tertiary/aromatic N) is 2. The zero-order valence-electron chi connectivity index (χ0n) is 25.8. The molecule has 8 heteroatoms. The van der Waals surface area contributed by atoms with E-state index < -0.39 is 22.0 Å². The van der Waals surface area contributed by atoms with Gasteiger partial charge in [-0.2, -0.15) is 0 Å². The number of carbonyl (C=O) groups is 2. The van der Waals surface area contributed by atoms with Crippen LogP contribution in [0.3, 0.4) is 0 Å². The molecule has 0 aliphatic heterocycles. The number of hydrogen-bond donors (Lipinski definition) is 1. The highest BCUT2D eigenvalue weighted by Gasteiger charge is 2.51. The molecule has 4 saturated carbocycles. The topological polar surface area (TPSA) is 86.8 Å². The summed E-state index contributed by atoms with van der Waals surface area (Å²) in [6.45, 7) is 7.47. The number of anilines is 1. The maximum Gasteiger partial charge on any atom is 0.244 e. The third-order valence-corrected chi connectivity index (χ3v) is 10.9. The Bertz CT molecular complexity index is 1370. The first-order valence-electron chi connectivity index (χ1n) is 15.6. The van der Waals surface area contributed by atoms with Gasteiger partial charge in [0.05, 0.1) is 11.9 Å². The van der Waals surface area contributed by atoms with E-state index in [0.29, 0.717) is 12.1 Å². The number of nitrogens with one attached hydrogen (secondary N) is 1. The average Bonchev–Trinajstić information content (AvgIpc) is 2.90. The van der Waals surface area contributed by atoms with E-state index in [9.17, 15) is 18.0 Å². The van der Waals surface area contributed by atoms with Gasteiger partial charge < -0.3 is 10.2 Å². The van der Waals surface area contributed by atoms with Gasteiger partial charge in [-0.3, -0.25) is 13.9 Å². The molecule has 1 unspecified atom stereocenters. The summed E-state index contributed by atoms with van der Waals surface area (Å²) in [6, 6.07) is 15.0. The van der Waals surface area contributed by atoms with Crippen LogP contribution in [0.25, 0.3) is 0 Å². The van der Waals surface area contributed by atoms with Gasteiger partial charge in [0.1, 0.15) is 12.6 Å². The fraction of sp³-hybridized carbons (Fsp3) is 0.588. The Hall–Kier alpha value is -2.87. The van der Waals surface area contributed by atoms with Crippen molar-refractivity contribution >= 4 is 27.5 Å². The van der Waals surface area contributed by atoms with E-state index in [1.54, 1.807) is 0 Å². The first-order chi connectivity index (χ1) is 19.9. The Morgan fingerprint density at radius 1 is 0.976 bits per heavy atom.